The van der Waals surface area contributed by atoms with Crippen LogP contribution in [-0.4, -0.2) is 18.5 Å². The van der Waals surface area contributed by atoms with E-state index in [9.17, 15) is 4.79 Å². The van der Waals surface area contributed by atoms with Crippen molar-refractivity contribution < 1.29 is 19.0 Å². The van der Waals surface area contributed by atoms with Crippen molar-refractivity contribution in [3.63, 3.8) is 0 Å². The summed E-state index contributed by atoms with van der Waals surface area (Å²) in [5.74, 6) is 1.14. The summed E-state index contributed by atoms with van der Waals surface area (Å²) in [7, 11) is 0. The van der Waals surface area contributed by atoms with Gasteiger partial charge in [0.25, 0.3) is 0 Å². The summed E-state index contributed by atoms with van der Waals surface area (Å²) in [4.78, 5) is 16.9. The van der Waals surface area contributed by atoms with Gasteiger partial charge in [-0.3, -0.25) is 0 Å². The number of rotatable bonds is 7. The Kier molecular flexibility index (Phi) is 7.92. The number of ether oxygens (including phenoxy) is 3. The molecule has 0 saturated heterocycles. The number of carbonyl (C=O) groups excluding carboxylic acids is 1. The number of benzene rings is 3. The van der Waals surface area contributed by atoms with Gasteiger partial charge in [0.2, 0.25) is 5.90 Å². The van der Waals surface area contributed by atoms with Gasteiger partial charge in [0.15, 0.2) is 17.2 Å². The second-order valence-corrected chi connectivity index (χ2v) is 10.2. The maximum absolute atomic E-state index is 12.5. The van der Waals surface area contributed by atoms with Gasteiger partial charge in [-0.2, -0.15) is 0 Å². The largest absolute Gasteiger partial charge is 0.490 e. The summed E-state index contributed by atoms with van der Waals surface area (Å²) in [6.45, 7) is 6.93. The summed E-state index contributed by atoms with van der Waals surface area (Å²) in [5, 5.41) is 0. The third-order valence-corrected chi connectivity index (χ3v) is 7.14. The van der Waals surface area contributed by atoms with E-state index < -0.39 is 5.97 Å². The number of aryl methyl sites for hydroxylation is 2. The summed E-state index contributed by atoms with van der Waals surface area (Å²) >= 11 is 4.50. The number of cyclic esters (lactones) is 1. The first kappa shape index (κ1) is 24.7. The second-order valence-electron chi connectivity index (χ2n) is 7.84. The third-order valence-electron chi connectivity index (χ3n) is 5.13. The molecule has 0 aromatic heterocycles. The number of carbonyl (C=O) groups is 1. The Hall–Kier alpha value is -2.40. The first-order valence-corrected chi connectivity index (χ1v) is 12.9. The summed E-state index contributed by atoms with van der Waals surface area (Å²) < 4.78 is 19.5. The maximum Gasteiger partial charge on any atom is 0.363 e. The first-order valence-electron chi connectivity index (χ1n) is 10.8. The average Bonchev–Trinajstić information content (AvgIpc) is 3.15. The van der Waals surface area contributed by atoms with Crippen molar-refractivity contribution >= 4 is 63.1 Å². The minimum absolute atomic E-state index is 0.248. The molecule has 174 valence electrons. The molecular formula is C27H23I2NO4. The van der Waals surface area contributed by atoms with Gasteiger partial charge in [-0.25, -0.2) is 9.79 Å². The summed E-state index contributed by atoms with van der Waals surface area (Å²) in [5.41, 5.74) is 5.19. The van der Waals surface area contributed by atoms with E-state index in [1.54, 1.807) is 6.08 Å². The number of nitrogens with zero attached hydrogens (tertiary/aromatic N) is 1. The Labute approximate surface area is 226 Å². The highest BCUT2D eigenvalue weighted by atomic mass is 127. The van der Waals surface area contributed by atoms with Crippen LogP contribution in [0.1, 0.15) is 34.7 Å². The Morgan fingerprint density at radius 3 is 2.56 bits per heavy atom. The first-order chi connectivity index (χ1) is 16.3. The SMILES string of the molecule is CCOc1cc(/C=C2\N=C(c3ccc(I)c(C)c3)OC2=O)cc(I)c1OCc1cccc(C)c1. The zero-order chi connectivity index (χ0) is 24.2. The number of hydrogen-bond acceptors (Lipinski definition) is 5. The van der Waals surface area contributed by atoms with Gasteiger partial charge in [0, 0.05) is 9.13 Å². The monoisotopic (exact) mass is 679 g/mol. The van der Waals surface area contributed by atoms with Crippen molar-refractivity contribution in [2.45, 2.75) is 27.4 Å². The molecule has 1 aliphatic heterocycles. The molecule has 0 spiro atoms. The maximum atomic E-state index is 12.5. The molecule has 4 rings (SSSR count). The number of halogens is 2. The zero-order valence-electron chi connectivity index (χ0n) is 19.0. The fourth-order valence-electron chi connectivity index (χ4n) is 3.50. The standard InChI is InChI=1S/C27H23I2NO4/c1-4-32-24-14-19(12-22(29)25(24)33-15-18-7-5-6-16(2)10-18)13-23-27(31)34-26(30-23)20-8-9-21(28)17(3)11-20/h5-14H,4,15H2,1-3H3/b23-13-. The number of aliphatic imine (C=N–C) groups is 1. The molecule has 0 atom stereocenters. The zero-order valence-corrected chi connectivity index (χ0v) is 23.3. The molecule has 0 bridgehead atoms. The molecule has 0 radical (unpaired) electrons. The topological polar surface area (TPSA) is 57.1 Å². The van der Waals surface area contributed by atoms with Gasteiger partial charge in [-0.1, -0.05) is 29.8 Å². The molecule has 0 saturated carbocycles. The lowest BCUT2D eigenvalue weighted by molar-refractivity contribution is -0.129. The normalized spacial score (nSPS) is 14.2. The van der Waals surface area contributed by atoms with Gasteiger partial charge in [0.05, 0.1) is 10.2 Å². The predicted octanol–water partition coefficient (Wildman–Crippen LogP) is 6.83. The third kappa shape index (κ3) is 5.80. The van der Waals surface area contributed by atoms with Gasteiger partial charge in [-0.15, -0.1) is 0 Å². The van der Waals surface area contributed by atoms with Crippen LogP contribution in [0.25, 0.3) is 6.08 Å². The smallest absolute Gasteiger partial charge is 0.363 e. The minimum Gasteiger partial charge on any atom is -0.490 e. The van der Waals surface area contributed by atoms with Crippen molar-refractivity contribution in [2.75, 3.05) is 6.61 Å². The minimum atomic E-state index is -0.473. The quantitative estimate of drug-likeness (QED) is 0.156. The number of hydrogen-bond donors (Lipinski definition) is 0. The molecule has 0 N–H and O–H groups in total. The van der Waals surface area contributed by atoms with E-state index in [4.69, 9.17) is 14.2 Å². The molecule has 34 heavy (non-hydrogen) atoms. The molecule has 0 aliphatic carbocycles. The van der Waals surface area contributed by atoms with Crippen LogP contribution in [0.3, 0.4) is 0 Å². The highest BCUT2D eigenvalue weighted by molar-refractivity contribution is 14.1. The molecule has 0 amide bonds. The van der Waals surface area contributed by atoms with Crippen LogP contribution in [0.2, 0.25) is 0 Å². The van der Waals surface area contributed by atoms with E-state index >= 15 is 0 Å². The van der Waals surface area contributed by atoms with Gasteiger partial charge in [0.1, 0.15) is 6.61 Å². The summed E-state index contributed by atoms with van der Waals surface area (Å²) in [6.07, 6.45) is 1.71. The van der Waals surface area contributed by atoms with Crippen molar-refractivity contribution in [1.29, 1.82) is 0 Å². The van der Waals surface area contributed by atoms with Crippen LogP contribution in [0.4, 0.5) is 0 Å². The second kappa shape index (κ2) is 10.9. The van der Waals surface area contributed by atoms with E-state index in [1.165, 1.54) is 5.56 Å². The Balaban J connectivity index is 1.61. The molecule has 1 aliphatic rings. The molecule has 5 nitrogen and oxygen atoms in total. The molecule has 1 heterocycles. The van der Waals surface area contributed by atoms with E-state index in [0.29, 0.717) is 30.6 Å². The lowest BCUT2D eigenvalue weighted by Crippen LogP contribution is -2.06. The van der Waals surface area contributed by atoms with Crippen molar-refractivity contribution in [3.8, 4) is 11.5 Å². The molecule has 0 unspecified atom stereocenters. The summed E-state index contributed by atoms with van der Waals surface area (Å²) in [6, 6.07) is 17.9. The molecule has 3 aromatic carbocycles. The Morgan fingerprint density at radius 2 is 1.82 bits per heavy atom. The number of esters is 1. The van der Waals surface area contributed by atoms with Crippen LogP contribution in [-0.2, 0) is 16.1 Å². The van der Waals surface area contributed by atoms with Crippen LogP contribution in [0, 0.1) is 21.0 Å². The highest BCUT2D eigenvalue weighted by Gasteiger charge is 2.25. The van der Waals surface area contributed by atoms with E-state index in [0.717, 1.165) is 29.4 Å². The molecule has 7 heteroatoms. The highest BCUT2D eigenvalue weighted by Crippen LogP contribution is 2.36. The van der Waals surface area contributed by atoms with Gasteiger partial charge < -0.3 is 14.2 Å². The van der Waals surface area contributed by atoms with E-state index in [-0.39, 0.29) is 5.70 Å². The average molecular weight is 679 g/mol. The van der Waals surface area contributed by atoms with Crippen LogP contribution in [0.15, 0.2) is 65.3 Å². The van der Waals surface area contributed by atoms with Crippen molar-refractivity contribution in [1.82, 2.24) is 0 Å². The Bertz CT molecular complexity index is 1310. The van der Waals surface area contributed by atoms with Gasteiger partial charge in [-0.05, 0) is 119 Å². The lowest BCUT2D eigenvalue weighted by atomic mass is 10.1. The van der Waals surface area contributed by atoms with E-state index in [1.807, 2.05) is 56.3 Å². The molecule has 3 aromatic rings. The fraction of sp³-hybridized carbons (Fsp3) is 0.185. The van der Waals surface area contributed by atoms with Gasteiger partial charge >= 0.3 is 5.97 Å². The van der Waals surface area contributed by atoms with E-state index in [2.05, 4.69) is 69.2 Å². The molecule has 0 fully saturated rings. The van der Waals surface area contributed by atoms with Crippen LogP contribution < -0.4 is 9.47 Å². The van der Waals surface area contributed by atoms with Crippen LogP contribution >= 0.6 is 45.2 Å². The Morgan fingerprint density at radius 1 is 1.00 bits per heavy atom. The van der Waals surface area contributed by atoms with Crippen LogP contribution in [0.5, 0.6) is 11.5 Å². The lowest BCUT2D eigenvalue weighted by Gasteiger charge is -2.15. The predicted molar refractivity (Wildman–Crippen MR) is 150 cm³/mol. The fourth-order valence-corrected chi connectivity index (χ4v) is 4.62. The van der Waals surface area contributed by atoms with Crippen molar-refractivity contribution in [3.05, 3.63) is 95.3 Å². The molecular weight excluding hydrogens is 656 g/mol. The van der Waals surface area contributed by atoms with Crippen molar-refractivity contribution in [2.24, 2.45) is 4.99 Å².